The van der Waals surface area contributed by atoms with Gasteiger partial charge in [0.2, 0.25) is 0 Å². The Kier molecular flexibility index (Phi) is 5.36. The molecule has 1 aromatic rings. The van der Waals surface area contributed by atoms with Crippen LogP contribution in [0, 0.1) is 0 Å². The Morgan fingerprint density at radius 3 is 2.17 bits per heavy atom. The molecule has 0 unspecified atom stereocenters. The van der Waals surface area contributed by atoms with E-state index in [-0.39, 0.29) is 11.9 Å². The van der Waals surface area contributed by atoms with E-state index in [4.69, 9.17) is 9.47 Å². The zero-order valence-electron chi connectivity index (χ0n) is 11.0. The summed E-state index contributed by atoms with van der Waals surface area (Å²) in [6.07, 6.45) is 1.35. The van der Waals surface area contributed by atoms with Crippen molar-refractivity contribution in [2.45, 2.75) is 40.0 Å². The minimum Gasteiger partial charge on any atom is -0.427 e. The van der Waals surface area contributed by atoms with Gasteiger partial charge >= 0.3 is 11.9 Å². The van der Waals surface area contributed by atoms with E-state index < -0.39 is 0 Å². The van der Waals surface area contributed by atoms with E-state index in [2.05, 4.69) is 0 Å². The Bertz CT molecular complexity index is 437. The Morgan fingerprint density at radius 1 is 1.00 bits per heavy atom. The lowest BCUT2D eigenvalue weighted by Crippen LogP contribution is -2.09. The van der Waals surface area contributed by atoms with Crippen LogP contribution in [0.15, 0.2) is 18.2 Å². The molecule has 1 rings (SSSR count). The first-order valence-corrected chi connectivity index (χ1v) is 6.14. The SMILES string of the molecule is CCC(=O)Oc1ccc(OC(=O)CC)c(CC)c1. The van der Waals surface area contributed by atoms with Gasteiger partial charge < -0.3 is 9.47 Å². The number of ether oxygens (including phenoxy) is 2. The van der Waals surface area contributed by atoms with Crippen LogP contribution in [0.3, 0.4) is 0 Å². The normalized spacial score (nSPS) is 9.94. The molecule has 0 aromatic heterocycles. The summed E-state index contributed by atoms with van der Waals surface area (Å²) >= 11 is 0. The predicted molar refractivity (Wildman–Crippen MR) is 67.7 cm³/mol. The van der Waals surface area contributed by atoms with Gasteiger partial charge in [0.1, 0.15) is 11.5 Å². The number of hydrogen-bond acceptors (Lipinski definition) is 4. The van der Waals surface area contributed by atoms with Gasteiger partial charge in [-0.1, -0.05) is 20.8 Å². The van der Waals surface area contributed by atoms with E-state index in [1.165, 1.54) is 0 Å². The smallest absolute Gasteiger partial charge is 0.310 e. The van der Waals surface area contributed by atoms with Crippen LogP contribution in [0.2, 0.25) is 0 Å². The van der Waals surface area contributed by atoms with Gasteiger partial charge in [-0.05, 0) is 30.2 Å². The maximum atomic E-state index is 11.3. The van der Waals surface area contributed by atoms with E-state index >= 15 is 0 Å². The lowest BCUT2D eigenvalue weighted by atomic mass is 10.1. The van der Waals surface area contributed by atoms with Gasteiger partial charge in [-0.25, -0.2) is 0 Å². The first kappa shape index (κ1) is 14.2. The molecular formula is C14H18O4. The summed E-state index contributed by atoms with van der Waals surface area (Å²) in [6.45, 7) is 5.43. The van der Waals surface area contributed by atoms with Crippen molar-refractivity contribution in [3.05, 3.63) is 23.8 Å². The van der Waals surface area contributed by atoms with E-state index in [0.29, 0.717) is 30.8 Å². The fourth-order valence-electron chi connectivity index (χ4n) is 1.39. The molecule has 1 aromatic carbocycles. The molecule has 0 radical (unpaired) electrons. The topological polar surface area (TPSA) is 52.6 Å². The van der Waals surface area contributed by atoms with Crippen LogP contribution in [-0.4, -0.2) is 11.9 Å². The molecule has 0 atom stereocenters. The second kappa shape index (κ2) is 6.79. The maximum absolute atomic E-state index is 11.3. The molecule has 0 bridgehead atoms. The van der Waals surface area contributed by atoms with Crippen molar-refractivity contribution in [2.24, 2.45) is 0 Å². The Hall–Kier alpha value is -1.84. The third-order valence-corrected chi connectivity index (χ3v) is 2.45. The molecule has 0 spiro atoms. The quantitative estimate of drug-likeness (QED) is 0.595. The van der Waals surface area contributed by atoms with Crippen molar-refractivity contribution in [1.82, 2.24) is 0 Å². The van der Waals surface area contributed by atoms with Gasteiger partial charge in [0.05, 0.1) is 0 Å². The first-order valence-electron chi connectivity index (χ1n) is 6.14. The van der Waals surface area contributed by atoms with E-state index in [1.54, 1.807) is 32.0 Å². The first-order chi connectivity index (χ1) is 8.60. The molecule has 0 aliphatic heterocycles. The van der Waals surface area contributed by atoms with Crippen LogP contribution in [0.4, 0.5) is 0 Å². The molecule has 0 fully saturated rings. The minimum absolute atomic E-state index is 0.275. The number of carbonyl (C=O) groups is 2. The van der Waals surface area contributed by atoms with E-state index in [0.717, 1.165) is 5.56 Å². The minimum atomic E-state index is -0.282. The standard InChI is InChI=1S/C14H18O4/c1-4-10-9-11(17-13(15)5-2)7-8-12(10)18-14(16)6-3/h7-9H,4-6H2,1-3H3. The molecule has 4 nitrogen and oxygen atoms in total. The van der Waals surface area contributed by atoms with Crippen LogP contribution >= 0.6 is 0 Å². The maximum Gasteiger partial charge on any atom is 0.310 e. The molecule has 0 saturated carbocycles. The number of aryl methyl sites for hydroxylation is 1. The second-order valence-electron chi connectivity index (χ2n) is 3.78. The van der Waals surface area contributed by atoms with Gasteiger partial charge in [-0.2, -0.15) is 0 Å². The highest BCUT2D eigenvalue weighted by atomic mass is 16.5. The van der Waals surface area contributed by atoms with Crippen LogP contribution < -0.4 is 9.47 Å². The summed E-state index contributed by atoms with van der Waals surface area (Å²) < 4.78 is 10.3. The van der Waals surface area contributed by atoms with Crippen LogP contribution in [-0.2, 0) is 16.0 Å². The summed E-state index contributed by atoms with van der Waals surface area (Å²) in [4.78, 5) is 22.4. The second-order valence-corrected chi connectivity index (χ2v) is 3.78. The largest absolute Gasteiger partial charge is 0.427 e. The Balaban J connectivity index is 2.89. The van der Waals surface area contributed by atoms with E-state index in [9.17, 15) is 9.59 Å². The number of rotatable bonds is 5. The van der Waals surface area contributed by atoms with Crippen molar-refractivity contribution < 1.29 is 19.1 Å². The fraction of sp³-hybridized carbons (Fsp3) is 0.429. The molecule has 4 heteroatoms. The Morgan fingerprint density at radius 2 is 1.61 bits per heavy atom. The molecule has 18 heavy (non-hydrogen) atoms. The van der Waals surface area contributed by atoms with Crippen molar-refractivity contribution in [3.63, 3.8) is 0 Å². The molecule has 0 aliphatic carbocycles. The number of hydrogen-bond donors (Lipinski definition) is 0. The highest BCUT2D eigenvalue weighted by Crippen LogP contribution is 2.25. The van der Waals surface area contributed by atoms with Gasteiger partial charge in [0.25, 0.3) is 0 Å². The summed E-state index contributed by atoms with van der Waals surface area (Å²) in [5, 5.41) is 0. The summed E-state index contributed by atoms with van der Waals surface area (Å²) in [7, 11) is 0. The molecule has 0 aliphatic rings. The highest BCUT2D eigenvalue weighted by Gasteiger charge is 2.09. The van der Waals surface area contributed by atoms with Crippen molar-refractivity contribution >= 4 is 11.9 Å². The molecule has 0 amide bonds. The van der Waals surface area contributed by atoms with Gasteiger partial charge in [-0.3, -0.25) is 9.59 Å². The van der Waals surface area contributed by atoms with Crippen molar-refractivity contribution in [3.8, 4) is 11.5 Å². The molecule has 0 N–H and O–H groups in total. The molecule has 0 saturated heterocycles. The number of benzene rings is 1. The zero-order valence-corrected chi connectivity index (χ0v) is 11.0. The number of carbonyl (C=O) groups excluding carboxylic acids is 2. The van der Waals surface area contributed by atoms with Crippen molar-refractivity contribution in [1.29, 1.82) is 0 Å². The fourth-order valence-corrected chi connectivity index (χ4v) is 1.39. The summed E-state index contributed by atoms with van der Waals surface area (Å²) in [5.74, 6) is 0.453. The van der Waals surface area contributed by atoms with Gasteiger partial charge in [0.15, 0.2) is 0 Å². The predicted octanol–water partition coefficient (Wildman–Crippen LogP) is 2.88. The third-order valence-electron chi connectivity index (χ3n) is 2.45. The van der Waals surface area contributed by atoms with Crippen LogP contribution in [0.25, 0.3) is 0 Å². The van der Waals surface area contributed by atoms with Crippen molar-refractivity contribution in [2.75, 3.05) is 0 Å². The Labute approximate surface area is 107 Å². The lowest BCUT2D eigenvalue weighted by Gasteiger charge is -2.10. The molecular weight excluding hydrogens is 232 g/mol. The zero-order chi connectivity index (χ0) is 13.5. The summed E-state index contributed by atoms with van der Waals surface area (Å²) in [6, 6.07) is 5.02. The molecule has 98 valence electrons. The van der Waals surface area contributed by atoms with Gasteiger partial charge in [0, 0.05) is 12.8 Å². The van der Waals surface area contributed by atoms with E-state index in [1.807, 2.05) is 6.92 Å². The lowest BCUT2D eigenvalue weighted by molar-refractivity contribution is -0.135. The van der Waals surface area contributed by atoms with Gasteiger partial charge in [-0.15, -0.1) is 0 Å². The highest BCUT2D eigenvalue weighted by molar-refractivity contribution is 5.73. The number of esters is 2. The molecule has 0 heterocycles. The third kappa shape index (κ3) is 3.87. The summed E-state index contributed by atoms with van der Waals surface area (Å²) in [5.41, 5.74) is 0.846. The average molecular weight is 250 g/mol. The van der Waals surface area contributed by atoms with Crippen LogP contribution in [0.1, 0.15) is 39.2 Å². The average Bonchev–Trinajstić information content (AvgIpc) is 2.39. The van der Waals surface area contributed by atoms with Crippen LogP contribution in [0.5, 0.6) is 11.5 Å². The monoisotopic (exact) mass is 250 g/mol.